The summed E-state index contributed by atoms with van der Waals surface area (Å²) in [6.45, 7) is 2.25. The number of nitrogens with zero attached hydrogens (tertiary/aromatic N) is 2. The number of thiophene rings is 1. The van der Waals surface area contributed by atoms with Gasteiger partial charge in [0.1, 0.15) is 33.5 Å². The van der Waals surface area contributed by atoms with Gasteiger partial charge in [0.15, 0.2) is 0 Å². The van der Waals surface area contributed by atoms with Gasteiger partial charge in [-0.1, -0.05) is 24.8 Å². The van der Waals surface area contributed by atoms with Crippen molar-refractivity contribution < 1.29 is 13.6 Å². The van der Waals surface area contributed by atoms with Gasteiger partial charge in [0.2, 0.25) is 5.91 Å². The lowest BCUT2D eigenvalue weighted by Crippen LogP contribution is -2.16. The summed E-state index contributed by atoms with van der Waals surface area (Å²) in [5.74, 6) is -1.39. The lowest BCUT2D eigenvalue weighted by atomic mass is 9.89. The van der Waals surface area contributed by atoms with Crippen molar-refractivity contribution in [2.45, 2.75) is 31.2 Å². The number of carbonyl (C=O) groups is 1. The minimum Gasteiger partial charge on any atom is -0.320 e. The van der Waals surface area contributed by atoms with E-state index in [4.69, 9.17) is 0 Å². The topological polar surface area (TPSA) is 54.9 Å². The van der Waals surface area contributed by atoms with Crippen molar-refractivity contribution in [2.24, 2.45) is 5.92 Å². The molecule has 8 heteroatoms. The number of nitrogens with one attached hydrogen (secondary N) is 1. The van der Waals surface area contributed by atoms with Crippen molar-refractivity contribution in [3.8, 4) is 0 Å². The Labute approximate surface area is 163 Å². The standard InChI is InChI=1S/C19H17F2N3OS2/c1-10-5-6-11-14(7-10)27-19-16(11)18(22-9-23-19)26-8-15(25)24-17-12(20)3-2-4-13(17)21/h2-4,9-10H,5-8H2,1H3,(H,24,25). The molecule has 1 N–H and O–H groups in total. The van der Waals surface area contributed by atoms with Gasteiger partial charge in [0.05, 0.1) is 5.75 Å². The molecule has 0 fully saturated rings. The van der Waals surface area contributed by atoms with Crippen LogP contribution < -0.4 is 5.32 Å². The Morgan fingerprint density at radius 1 is 1.33 bits per heavy atom. The number of anilines is 1. The smallest absolute Gasteiger partial charge is 0.234 e. The third kappa shape index (κ3) is 3.68. The number of benzene rings is 1. The largest absolute Gasteiger partial charge is 0.320 e. The van der Waals surface area contributed by atoms with E-state index < -0.39 is 23.2 Å². The minimum absolute atomic E-state index is 0.0148. The zero-order valence-electron chi connectivity index (χ0n) is 14.6. The molecule has 4 rings (SSSR count). The fraction of sp³-hybridized carbons (Fsp3) is 0.316. The van der Waals surface area contributed by atoms with Crippen LogP contribution in [0.1, 0.15) is 23.8 Å². The van der Waals surface area contributed by atoms with E-state index in [0.29, 0.717) is 5.92 Å². The molecule has 3 aromatic rings. The molecule has 0 saturated carbocycles. The van der Waals surface area contributed by atoms with Gasteiger partial charge in [-0.05, 0) is 42.9 Å². The molecule has 4 nitrogen and oxygen atoms in total. The highest BCUT2D eigenvalue weighted by atomic mass is 32.2. The van der Waals surface area contributed by atoms with E-state index in [0.717, 1.165) is 46.6 Å². The average Bonchev–Trinajstić information content (AvgIpc) is 3.01. The van der Waals surface area contributed by atoms with Crippen molar-refractivity contribution in [1.82, 2.24) is 9.97 Å². The fourth-order valence-corrected chi connectivity index (χ4v) is 5.52. The summed E-state index contributed by atoms with van der Waals surface area (Å²) >= 11 is 2.96. The highest BCUT2D eigenvalue weighted by molar-refractivity contribution is 8.00. The molecule has 1 aliphatic carbocycles. The van der Waals surface area contributed by atoms with E-state index in [2.05, 4.69) is 22.2 Å². The van der Waals surface area contributed by atoms with Crippen molar-refractivity contribution >= 4 is 44.9 Å². The number of para-hydroxylation sites is 1. The number of halogens is 2. The second-order valence-electron chi connectivity index (χ2n) is 6.64. The van der Waals surface area contributed by atoms with Gasteiger partial charge in [-0.25, -0.2) is 18.7 Å². The first-order chi connectivity index (χ1) is 13.0. The number of amides is 1. The molecule has 0 aliphatic heterocycles. The number of rotatable bonds is 4. The van der Waals surface area contributed by atoms with Crippen molar-refractivity contribution in [3.05, 3.63) is 46.6 Å². The monoisotopic (exact) mass is 405 g/mol. The molecule has 0 spiro atoms. The van der Waals surface area contributed by atoms with Crippen LogP contribution in [0.4, 0.5) is 14.5 Å². The highest BCUT2D eigenvalue weighted by Gasteiger charge is 2.23. The van der Waals surface area contributed by atoms with Gasteiger partial charge in [0.25, 0.3) is 0 Å². The summed E-state index contributed by atoms with van der Waals surface area (Å²) in [6, 6.07) is 3.48. The van der Waals surface area contributed by atoms with Crippen LogP contribution >= 0.6 is 23.1 Å². The summed E-state index contributed by atoms with van der Waals surface area (Å²) in [4.78, 5) is 23.2. The van der Waals surface area contributed by atoms with Crippen LogP contribution in [0.15, 0.2) is 29.6 Å². The van der Waals surface area contributed by atoms with Gasteiger partial charge < -0.3 is 5.32 Å². The van der Waals surface area contributed by atoms with E-state index >= 15 is 0 Å². The quantitative estimate of drug-likeness (QED) is 0.499. The molecule has 1 aromatic carbocycles. The van der Waals surface area contributed by atoms with E-state index in [1.165, 1.54) is 34.6 Å². The molecular formula is C19H17F2N3OS2. The van der Waals surface area contributed by atoms with Crippen molar-refractivity contribution in [3.63, 3.8) is 0 Å². The summed E-state index contributed by atoms with van der Waals surface area (Å²) in [5, 5.41) is 4.08. The Hall–Kier alpha value is -2.06. The molecular weight excluding hydrogens is 388 g/mol. The predicted octanol–water partition coefficient (Wildman–Crippen LogP) is 4.83. The number of fused-ring (bicyclic) bond motifs is 3. The maximum Gasteiger partial charge on any atom is 0.234 e. The molecule has 1 unspecified atom stereocenters. The molecule has 1 aliphatic rings. The molecule has 0 saturated heterocycles. The molecule has 140 valence electrons. The molecule has 0 radical (unpaired) electrons. The Balaban J connectivity index is 1.53. The second-order valence-corrected chi connectivity index (χ2v) is 8.69. The van der Waals surface area contributed by atoms with Crippen LogP contribution in [0.25, 0.3) is 10.2 Å². The molecule has 2 heterocycles. The van der Waals surface area contributed by atoms with Crippen LogP contribution in [0.5, 0.6) is 0 Å². The fourth-order valence-electron chi connectivity index (χ4n) is 3.28. The SMILES string of the molecule is CC1CCc2c(sc3ncnc(SCC(=O)Nc4c(F)cccc4F)c23)C1. The lowest BCUT2D eigenvalue weighted by molar-refractivity contribution is -0.113. The second kappa shape index (κ2) is 7.52. The van der Waals surface area contributed by atoms with Gasteiger partial charge in [0, 0.05) is 10.3 Å². The van der Waals surface area contributed by atoms with Crippen LogP contribution in [-0.4, -0.2) is 21.6 Å². The Morgan fingerprint density at radius 2 is 2.11 bits per heavy atom. The first kappa shape index (κ1) is 18.3. The van der Waals surface area contributed by atoms with Crippen LogP contribution in [0.3, 0.4) is 0 Å². The maximum absolute atomic E-state index is 13.7. The van der Waals surface area contributed by atoms with Crippen LogP contribution in [0, 0.1) is 17.6 Å². The zero-order chi connectivity index (χ0) is 19.0. The molecule has 1 amide bonds. The van der Waals surface area contributed by atoms with E-state index in [1.54, 1.807) is 11.3 Å². The first-order valence-electron chi connectivity index (χ1n) is 8.65. The summed E-state index contributed by atoms with van der Waals surface area (Å²) < 4.78 is 27.4. The van der Waals surface area contributed by atoms with Crippen LogP contribution in [-0.2, 0) is 17.6 Å². The van der Waals surface area contributed by atoms with Gasteiger partial charge in [-0.15, -0.1) is 11.3 Å². The van der Waals surface area contributed by atoms with Crippen molar-refractivity contribution in [1.29, 1.82) is 0 Å². The van der Waals surface area contributed by atoms with Gasteiger partial charge in [-0.3, -0.25) is 4.79 Å². The van der Waals surface area contributed by atoms with Crippen molar-refractivity contribution in [2.75, 3.05) is 11.1 Å². The van der Waals surface area contributed by atoms with E-state index in [9.17, 15) is 13.6 Å². The van der Waals surface area contributed by atoms with Crippen LogP contribution in [0.2, 0.25) is 0 Å². The number of carbonyl (C=O) groups excluding carboxylic acids is 1. The predicted molar refractivity (Wildman–Crippen MR) is 104 cm³/mol. The highest BCUT2D eigenvalue weighted by Crippen LogP contribution is 2.40. The van der Waals surface area contributed by atoms with E-state index in [1.807, 2.05) is 0 Å². The zero-order valence-corrected chi connectivity index (χ0v) is 16.2. The molecule has 1 atom stereocenters. The Morgan fingerprint density at radius 3 is 2.89 bits per heavy atom. The number of hydrogen-bond donors (Lipinski definition) is 1. The Kier molecular flexibility index (Phi) is 5.10. The normalized spacial score (nSPS) is 16.3. The molecule has 27 heavy (non-hydrogen) atoms. The maximum atomic E-state index is 13.7. The number of hydrogen-bond acceptors (Lipinski definition) is 5. The summed E-state index contributed by atoms with van der Waals surface area (Å²) in [6.07, 6.45) is 4.67. The van der Waals surface area contributed by atoms with E-state index in [-0.39, 0.29) is 5.75 Å². The first-order valence-corrected chi connectivity index (χ1v) is 10.4. The third-order valence-corrected chi connectivity index (χ3v) is 6.78. The summed E-state index contributed by atoms with van der Waals surface area (Å²) in [7, 11) is 0. The summed E-state index contributed by atoms with van der Waals surface area (Å²) in [5.41, 5.74) is 0.870. The number of aromatic nitrogens is 2. The number of thioether (sulfide) groups is 1. The molecule has 2 aromatic heterocycles. The van der Waals surface area contributed by atoms with Gasteiger partial charge in [-0.2, -0.15) is 0 Å². The Bertz CT molecular complexity index is 1000. The lowest BCUT2D eigenvalue weighted by Gasteiger charge is -2.18. The minimum atomic E-state index is -0.793. The van der Waals surface area contributed by atoms with Gasteiger partial charge >= 0.3 is 0 Å². The number of aryl methyl sites for hydroxylation is 1. The molecule has 0 bridgehead atoms. The third-order valence-electron chi connectivity index (χ3n) is 4.62. The average molecular weight is 405 g/mol.